The Labute approximate surface area is 203 Å². The van der Waals surface area contributed by atoms with Crippen LogP contribution in [0.2, 0.25) is 0 Å². The number of nitrogens with zero attached hydrogens (tertiary/aromatic N) is 3. The number of hydrogen-bond donors (Lipinski definition) is 3. The number of halogens is 2. The Hall–Kier alpha value is -3.20. The van der Waals surface area contributed by atoms with Gasteiger partial charge in [-0.05, 0) is 79.4 Å². The third-order valence-electron chi connectivity index (χ3n) is 6.69. The zero-order valence-corrected chi connectivity index (χ0v) is 19.7. The molecule has 8 heteroatoms. The molecular weight excluding hydrogens is 448 g/mol. The van der Waals surface area contributed by atoms with Crippen molar-refractivity contribution in [3.8, 4) is 22.8 Å². The Morgan fingerprint density at radius 3 is 1.71 bits per heavy atom. The summed E-state index contributed by atoms with van der Waals surface area (Å²) >= 11 is 0. The maximum Gasteiger partial charge on any atom is 0.167 e. The van der Waals surface area contributed by atoms with E-state index in [0.29, 0.717) is 0 Å². The van der Waals surface area contributed by atoms with Crippen LogP contribution in [0.4, 0.5) is 8.78 Å². The van der Waals surface area contributed by atoms with Crippen LogP contribution in [0.1, 0.15) is 36.9 Å². The van der Waals surface area contributed by atoms with Crippen molar-refractivity contribution in [2.45, 2.75) is 25.8 Å². The Morgan fingerprint density at radius 2 is 1.34 bits per heavy atom. The molecule has 35 heavy (non-hydrogen) atoms. The minimum atomic E-state index is -0.479. The monoisotopic (exact) mass is 477 g/mol. The predicted molar refractivity (Wildman–Crippen MR) is 134 cm³/mol. The minimum Gasteiger partial charge on any atom is -0.394 e. The molecule has 0 amide bonds. The maximum atomic E-state index is 15.3. The molecule has 1 atom stereocenters. The molecule has 2 aliphatic rings. The quantitative estimate of drug-likeness (QED) is 0.496. The van der Waals surface area contributed by atoms with Gasteiger partial charge in [0.2, 0.25) is 0 Å². The lowest BCUT2D eigenvalue weighted by Crippen LogP contribution is -2.20. The van der Waals surface area contributed by atoms with E-state index < -0.39 is 17.7 Å². The lowest BCUT2D eigenvalue weighted by molar-refractivity contribution is 0.240. The zero-order chi connectivity index (χ0) is 24.4. The molecule has 0 bridgehead atoms. The fourth-order valence-corrected chi connectivity index (χ4v) is 4.72. The number of aromatic nitrogens is 3. The van der Waals surface area contributed by atoms with Gasteiger partial charge in [0, 0.05) is 13.1 Å². The molecule has 0 spiro atoms. The van der Waals surface area contributed by atoms with Crippen LogP contribution in [0.3, 0.4) is 0 Å². The van der Waals surface area contributed by atoms with Crippen LogP contribution in [0.15, 0.2) is 48.6 Å². The third-order valence-corrected chi connectivity index (χ3v) is 6.69. The highest BCUT2D eigenvalue weighted by Gasteiger charge is 2.24. The molecule has 3 N–H and O–H groups in total. The van der Waals surface area contributed by atoms with Crippen molar-refractivity contribution >= 4 is 11.1 Å². The van der Waals surface area contributed by atoms with E-state index in [1.807, 2.05) is 12.1 Å². The molecule has 1 aromatic heterocycles. The van der Waals surface area contributed by atoms with E-state index in [4.69, 9.17) is 0 Å². The van der Waals surface area contributed by atoms with Crippen LogP contribution >= 0.6 is 0 Å². The number of hydrogen-bond acceptors (Lipinski definition) is 5. The first kappa shape index (κ1) is 23.5. The summed E-state index contributed by atoms with van der Waals surface area (Å²) in [4.78, 5) is 0. The van der Waals surface area contributed by atoms with E-state index in [1.54, 1.807) is 23.6 Å². The SMILES string of the molecule is CC(CO)n1c(-c2ccc(C3=CCNCC3)cc2F)nnc1-c1ccc(C2=CCNCC2)cc1F. The molecule has 2 aromatic carbocycles. The Balaban J connectivity index is 1.54. The summed E-state index contributed by atoms with van der Waals surface area (Å²) in [5.41, 5.74) is 4.40. The first-order valence-electron chi connectivity index (χ1n) is 12.0. The lowest BCUT2D eigenvalue weighted by atomic mass is 9.98. The van der Waals surface area contributed by atoms with Crippen LogP contribution in [0, 0.1) is 11.6 Å². The summed E-state index contributed by atoms with van der Waals surface area (Å²) in [6.45, 7) is 4.80. The van der Waals surface area contributed by atoms with Crippen LogP contribution in [0.25, 0.3) is 33.9 Å². The summed E-state index contributed by atoms with van der Waals surface area (Å²) in [5.74, 6) is -0.342. The highest BCUT2D eigenvalue weighted by Crippen LogP contribution is 2.33. The van der Waals surface area contributed by atoms with E-state index in [1.165, 1.54) is 12.1 Å². The molecular formula is C27H29F2N5O. The van der Waals surface area contributed by atoms with Gasteiger partial charge >= 0.3 is 0 Å². The fraction of sp³-hybridized carbons (Fsp3) is 0.333. The van der Waals surface area contributed by atoms with Crippen molar-refractivity contribution in [1.82, 2.24) is 25.4 Å². The van der Waals surface area contributed by atoms with Crippen molar-refractivity contribution in [2.75, 3.05) is 32.8 Å². The number of nitrogens with one attached hydrogen (secondary N) is 2. The van der Waals surface area contributed by atoms with Crippen LogP contribution in [-0.2, 0) is 0 Å². The van der Waals surface area contributed by atoms with Crippen molar-refractivity contribution in [1.29, 1.82) is 0 Å². The largest absolute Gasteiger partial charge is 0.394 e. The number of aliphatic hydroxyl groups is 1. The Morgan fingerprint density at radius 1 is 0.857 bits per heavy atom. The van der Waals surface area contributed by atoms with E-state index in [0.717, 1.165) is 61.3 Å². The number of benzene rings is 2. The van der Waals surface area contributed by atoms with Crippen LogP contribution in [0.5, 0.6) is 0 Å². The summed E-state index contributed by atoms with van der Waals surface area (Å²) in [7, 11) is 0. The van der Waals surface area contributed by atoms with Crippen LogP contribution in [-0.4, -0.2) is 52.7 Å². The number of rotatable bonds is 6. The smallest absolute Gasteiger partial charge is 0.167 e. The molecule has 0 radical (unpaired) electrons. The van der Waals surface area contributed by atoms with Gasteiger partial charge in [0.25, 0.3) is 0 Å². The standard InChI is InChI=1S/C27H29F2N5O/c1-17(16-35)34-26(22-4-2-20(14-24(22)28)18-6-10-30-11-7-18)32-33-27(34)23-5-3-21(15-25(23)29)19-8-12-31-13-9-19/h2-6,8,14-15,17,30-31,35H,7,9-13,16H2,1H3. The number of aliphatic hydroxyl groups excluding tert-OH is 1. The van der Waals surface area contributed by atoms with Gasteiger partial charge in [-0.3, -0.25) is 0 Å². The molecule has 3 aromatic rings. The van der Waals surface area contributed by atoms with Crippen molar-refractivity contribution < 1.29 is 13.9 Å². The van der Waals surface area contributed by atoms with Gasteiger partial charge in [-0.25, -0.2) is 8.78 Å². The van der Waals surface area contributed by atoms with Gasteiger partial charge in [-0.15, -0.1) is 10.2 Å². The molecule has 6 nitrogen and oxygen atoms in total. The molecule has 5 rings (SSSR count). The summed E-state index contributed by atoms with van der Waals surface area (Å²) in [6, 6.07) is 9.66. The van der Waals surface area contributed by atoms with Crippen molar-refractivity contribution in [3.63, 3.8) is 0 Å². The topological polar surface area (TPSA) is 75.0 Å². The van der Waals surface area contributed by atoms with Crippen LogP contribution < -0.4 is 10.6 Å². The highest BCUT2D eigenvalue weighted by molar-refractivity contribution is 5.72. The van der Waals surface area contributed by atoms with Gasteiger partial charge in [-0.1, -0.05) is 24.3 Å². The first-order chi connectivity index (χ1) is 17.1. The van der Waals surface area contributed by atoms with Gasteiger partial charge in [0.05, 0.1) is 23.8 Å². The maximum absolute atomic E-state index is 15.3. The Kier molecular flexibility index (Phi) is 6.86. The molecule has 0 saturated carbocycles. The predicted octanol–water partition coefficient (Wildman–Crippen LogP) is 4.20. The average molecular weight is 478 g/mol. The summed E-state index contributed by atoms with van der Waals surface area (Å²) in [6.07, 6.45) is 5.81. The second kappa shape index (κ2) is 10.2. The van der Waals surface area contributed by atoms with E-state index in [9.17, 15) is 5.11 Å². The molecule has 0 saturated heterocycles. The van der Waals surface area contributed by atoms with E-state index in [-0.39, 0.29) is 29.4 Å². The van der Waals surface area contributed by atoms with E-state index >= 15 is 8.78 Å². The normalized spacial score (nSPS) is 17.1. The van der Waals surface area contributed by atoms with Crippen molar-refractivity contribution in [2.24, 2.45) is 0 Å². The van der Waals surface area contributed by atoms with Gasteiger partial charge < -0.3 is 20.3 Å². The molecule has 3 heterocycles. The average Bonchev–Trinajstić information content (AvgIpc) is 3.33. The van der Waals surface area contributed by atoms with Crippen molar-refractivity contribution in [3.05, 3.63) is 71.3 Å². The van der Waals surface area contributed by atoms with Gasteiger partial charge in [-0.2, -0.15) is 0 Å². The molecule has 0 fully saturated rings. The molecule has 1 unspecified atom stereocenters. The molecule has 2 aliphatic heterocycles. The van der Waals surface area contributed by atoms with Gasteiger partial charge in [0.15, 0.2) is 11.6 Å². The minimum absolute atomic E-state index is 0.225. The lowest BCUT2D eigenvalue weighted by Gasteiger charge is -2.18. The Bertz CT molecular complexity index is 1200. The fourth-order valence-electron chi connectivity index (χ4n) is 4.72. The third kappa shape index (κ3) is 4.69. The summed E-state index contributed by atoms with van der Waals surface area (Å²) < 4.78 is 32.2. The molecule has 0 aliphatic carbocycles. The highest BCUT2D eigenvalue weighted by atomic mass is 19.1. The first-order valence-corrected chi connectivity index (χ1v) is 12.0. The molecule has 182 valence electrons. The second-order valence-electron chi connectivity index (χ2n) is 9.01. The van der Waals surface area contributed by atoms with E-state index in [2.05, 4.69) is 33.0 Å². The second-order valence-corrected chi connectivity index (χ2v) is 9.01. The summed E-state index contributed by atoms with van der Waals surface area (Å²) in [5, 5.41) is 24.9. The zero-order valence-electron chi connectivity index (χ0n) is 19.7. The van der Waals surface area contributed by atoms with Gasteiger partial charge in [0.1, 0.15) is 11.6 Å².